The van der Waals surface area contributed by atoms with Gasteiger partial charge >= 0.3 is 0 Å². The van der Waals surface area contributed by atoms with E-state index in [0.717, 1.165) is 11.1 Å². The average molecular weight is 540 g/mol. The number of carbonyl (C=O) groups is 1. The number of fused-ring (bicyclic) bond motifs is 1. The fourth-order valence-corrected chi connectivity index (χ4v) is 4.61. The van der Waals surface area contributed by atoms with Gasteiger partial charge in [0.2, 0.25) is 0 Å². The minimum atomic E-state index is -0.538. The number of ketones is 1. The van der Waals surface area contributed by atoms with Crippen LogP contribution in [0.4, 0.5) is 17.1 Å². The van der Waals surface area contributed by atoms with Gasteiger partial charge in [-0.2, -0.15) is 0 Å². The molecule has 1 atom stereocenters. The number of nitro groups is 1. The number of hydrogen-bond donors (Lipinski definition) is 1. The number of phenolic OH excluding ortho intramolecular Hbond substituents is 1. The molecule has 0 fully saturated rings. The van der Waals surface area contributed by atoms with Crippen LogP contribution in [0.3, 0.4) is 0 Å². The van der Waals surface area contributed by atoms with E-state index in [1.807, 2.05) is 54.6 Å². The number of nitro benzene ring substituents is 1. The van der Waals surface area contributed by atoms with Crippen LogP contribution in [0.1, 0.15) is 33.0 Å². The number of phenols is 1. The predicted molar refractivity (Wildman–Crippen MR) is 142 cm³/mol. The molecule has 7 nitrogen and oxygen atoms in total. The van der Waals surface area contributed by atoms with E-state index in [1.54, 1.807) is 24.3 Å². The van der Waals surface area contributed by atoms with Gasteiger partial charge in [-0.25, -0.2) is 0 Å². The molecule has 0 heterocycles. The molecule has 176 valence electrons. The Kier molecular flexibility index (Phi) is 6.26. The van der Waals surface area contributed by atoms with E-state index in [2.05, 4.69) is 20.9 Å². The number of carbonyl (C=O) groups excluding carboxylic acids is 1. The molecule has 1 aliphatic carbocycles. The lowest BCUT2D eigenvalue weighted by Crippen LogP contribution is -2.13. The SMILES string of the molecule is O=C1c2ccccc2C(=Nc2ccc(N=Cc3cc([N+](=O)[O-])cc(Br)c3O)cc2)[C@@H]1c1ccccc1. The molecular formula is C28H18BrN3O4. The van der Waals surface area contributed by atoms with E-state index in [9.17, 15) is 20.0 Å². The number of hydrogen-bond acceptors (Lipinski definition) is 6. The van der Waals surface area contributed by atoms with Crippen LogP contribution in [-0.2, 0) is 0 Å². The molecule has 5 rings (SSSR count). The van der Waals surface area contributed by atoms with Crippen LogP contribution >= 0.6 is 15.9 Å². The van der Waals surface area contributed by atoms with Gasteiger partial charge in [0, 0.05) is 35.0 Å². The Morgan fingerprint density at radius 2 is 1.53 bits per heavy atom. The minimum absolute atomic E-state index is 0.0275. The number of aromatic hydroxyl groups is 1. The molecular weight excluding hydrogens is 522 g/mol. The van der Waals surface area contributed by atoms with Gasteiger partial charge in [-0.1, -0.05) is 54.6 Å². The second-order valence-corrected chi connectivity index (χ2v) is 9.00. The summed E-state index contributed by atoms with van der Waals surface area (Å²) in [4.78, 5) is 33.0. The van der Waals surface area contributed by atoms with E-state index >= 15 is 0 Å². The summed E-state index contributed by atoms with van der Waals surface area (Å²) in [5.74, 6) is -0.583. The highest BCUT2D eigenvalue weighted by molar-refractivity contribution is 9.10. The summed E-state index contributed by atoms with van der Waals surface area (Å²) in [6, 6.07) is 26.7. The maximum Gasteiger partial charge on any atom is 0.271 e. The molecule has 1 aliphatic rings. The van der Waals surface area contributed by atoms with Crippen molar-refractivity contribution in [3.63, 3.8) is 0 Å². The maximum absolute atomic E-state index is 13.2. The largest absolute Gasteiger partial charge is 0.506 e. The van der Waals surface area contributed by atoms with E-state index in [4.69, 9.17) is 4.99 Å². The summed E-state index contributed by atoms with van der Waals surface area (Å²) < 4.78 is 0.212. The maximum atomic E-state index is 13.2. The van der Waals surface area contributed by atoms with Crippen molar-refractivity contribution in [2.24, 2.45) is 9.98 Å². The third kappa shape index (κ3) is 4.46. The van der Waals surface area contributed by atoms with Crippen molar-refractivity contribution in [3.8, 4) is 5.75 Å². The summed E-state index contributed by atoms with van der Waals surface area (Å²) >= 11 is 3.13. The number of non-ortho nitro benzene ring substituents is 1. The highest BCUT2D eigenvalue weighted by Gasteiger charge is 2.37. The summed E-state index contributed by atoms with van der Waals surface area (Å²) in [6.45, 7) is 0. The molecule has 0 radical (unpaired) electrons. The lowest BCUT2D eigenvalue weighted by atomic mass is 9.93. The first kappa shape index (κ1) is 23.3. The lowest BCUT2D eigenvalue weighted by molar-refractivity contribution is -0.385. The molecule has 0 unspecified atom stereocenters. The van der Waals surface area contributed by atoms with E-state index < -0.39 is 10.8 Å². The van der Waals surface area contributed by atoms with Crippen molar-refractivity contribution in [1.29, 1.82) is 0 Å². The Hall–Kier alpha value is -4.43. The van der Waals surface area contributed by atoms with Gasteiger partial charge in [0.1, 0.15) is 5.75 Å². The molecule has 0 bridgehead atoms. The zero-order valence-electron chi connectivity index (χ0n) is 18.7. The zero-order valence-corrected chi connectivity index (χ0v) is 20.3. The first-order chi connectivity index (χ1) is 17.4. The number of halogens is 1. The zero-order chi connectivity index (χ0) is 25.2. The van der Waals surface area contributed by atoms with Gasteiger partial charge in [0.25, 0.3) is 5.69 Å². The molecule has 4 aromatic rings. The van der Waals surface area contributed by atoms with Crippen molar-refractivity contribution < 1.29 is 14.8 Å². The summed E-state index contributed by atoms with van der Waals surface area (Å²) in [5.41, 5.74) is 4.36. The van der Waals surface area contributed by atoms with Crippen molar-refractivity contribution in [2.45, 2.75) is 5.92 Å². The lowest BCUT2D eigenvalue weighted by Gasteiger charge is -2.11. The van der Waals surface area contributed by atoms with Crippen LogP contribution in [0.2, 0.25) is 0 Å². The van der Waals surface area contributed by atoms with Crippen LogP contribution in [-0.4, -0.2) is 27.7 Å². The van der Waals surface area contributed by atoms with Crippen LogP contribution in [0.15, 0.2) is 105 Å². The Morgan fingerprint density at radius 3 is 2.22 bits per heavy atom. The van der Waals surface area contributed by atoms with E-state index in [1.165, 1.54) is 18.3 Å². The van der Waals surface area contributed by atoms with Crippen LogP contribution in [0.25, 0.3) is 0 Å². The molecule has 0 aromatic heterocycles. The van der Waals surface area contributed by atoms with Gasteiger partial charge < -0.3 is 5.11 Å². The van der Waals surface area contributed by atoms with Crippen LogP contribution < -0.4 is 0 Å². The highest BCUT2D eigenvalue weighted by atomic mass is 79.9. The topological polar surface area (TPSA) is 105 Å². The summed E-state index contributed by atoms with van der Waals surface area (Å²) in [5, 5.41) is 21.3. The van der Waals surface area contributed by atoms with Gasteiger partial charge in [-0.3, -0.25) is 24.9 Å². The smallest absolute Gasteiger partial charge is 0.271 e. The van der Waals surface area contributed by atoms with E-state index in [-0.39, 0.29) is 27.3 Å². The van der Waals surface area contributed by atoms with Crippen molar-refractivity contribution in [3.05, 3.63) is 128 Å². The molecule has 0 amide bonds. The Bertz CT molecular complexity index is 1550. The van der Waals surface area contributed by atoms with Crippen molar-refractivity contribution in [1.82, 2.24) is 0 Å². The molecule has 0 spiro atoms. The number of Topliss-reactive ketones (excluding diaryl/α,β-unsaturated/α-hetero) is 1. The summed E-state index contributed by atoms with van der Waals surface area (Å²) in [7, 11) is 0. The number of nitrogens with zero attached hydrogens (tertiary/aromatic N) is 3. The Balaban J connectivity index is 1.47. The average Bonchev–Trinajstić information content (AvgIpc) is 3.17. The molecule has 8 heteroatoms. The minimum Gasteiger partial charge on any atom is -0.506 e. The quantitative estimate of drug-likeness (QED) is 0.169. The Morgan fingerprint density at radius 1 is 0.889 bits per heavy atom. The summed E-state index contributed by atoms with van der Waals surface area (Å²) in [6.07, 6.45) is 1.37. The van der Waals surface area contributed by atoms with Crippen LogP contribution in [0.5, 0.6) is 5.75 Å². The molecule has 0 saturated heterocycles. The fourth-order valence-electron chi connectivity index (χ4n) is 4.14. The van der Waals surface area contributed by atoms with Crippen molar-refractivity contribution >= 4 is 50.7 Å². The normalized spacial score (nSPS) is 16.0. The Labute approximate surface area is 214 Å². The van der Waals surface area contributed by atoms with Crippen molar-refractivity contribution in [2.75, 3.05) is 0 Å². The third-order valence-electron chi connectivity index (χ3n) is 5.88. The first-order valence-corrected chi connectivity index (χ1v) is 11.8. The standard InChI is InChI=1S/C28H18BrN3O4/c29-24-15-21(32(35)36)14-18(27(24)33)16-30-19-10-12-20(13-11-19)31-26-22-8-4-5-9-23(22)28(34)25(26)17-6-2-1-3-7-17/h1-16,25,33H/t25-/m0/s1. The highest BCUT2D eigenvalue weighted by Crippen LogP contribution is 2.36. The molecule has 0 saturated carbocycles. The van der Waals surface area contributed by atoms with Gasteiger partial charge in [-0.05, 0) is 45.8 Å². The molecule has 0 aliphatic heterocycles. The second kappa shape index (κ2) is 9.67. The monoisotopic (exact) mass is 539 g/mol. The third-order valence-corrected chi connectivity index (χ3v) is 6.48. The number of benzene rings is 4. The fraction of sp³-hybridized carbons (Fsp3) is 0.0357. The molecule has 1 N–H and O–H groups in total. The van der Waals surface area contributed by atoms with Gasteiger partial charge in [0.05, 0.1) is 32.4 Å². The molecule has 36 heavy (non-hydrogen) atoms. The molecule has 4 aromatic carbocycles. The first-order valence-electron chi connectivity index (χ1n) is 11.0. The van der Waals surface area contributed by atoms with Gasteiger partial charge in [-0.15, -0.1) is 0 Å². The van der Waals surface area contributed by atoms with E-state index in [0.29, 0.717) is 22.6 Å². The van der Waals surface area contributed by atoms with Crippen LogP contribution in [0, 0.1) is 10.1 Å². The van der Waals surface area contributed by atoms with Gasteiger partial charge in [0.15, 0.2) is 5.78 Å². The second-order valence-electron chi connectivity index (χ2n) is 8.15. The number of aliphatic imine (C=N–C) groups is 2. The predicted octanol–water partition coefficient (Wildman–Crippen LogP) is 6.91. The number of rotatable bonds is 5.